The zero-order chi connectivity index (χ0) is 28.0. The van der Waals surface area contributed by atoms with Crippen molar-refractivity contribution in [1.29, 1.82) is 0 Å². The third-order valence-electron chi connectivity index (χ3n) is 6.42. The first-order valence-electron chi connectivity index (χ1n) is 12.3. The number of benzene rings is 1. The first-order valence-corrected chi connectivity index (χ1v) is 12.7. The molecule has 38 heavy (non-hydrogen) atoms. The largest absolute Gasteiger partial charge is 0.394 e. The molecule has 0 saturated carbocycles. The lowest BCUT2D eigenvalue weighted by Gasteiger charge is -2.32. The van der Waals surface area contributed by atoms with Crippen LogP contribution in [0, 0.1) is 0 Å². The average molecular weight is 550 g/mol. The fraction of sp³-hybridized carbons (Fsp3) is 0.480. The number of rotatable bonds is 4. The molecule has 13 heteroatoms. The highest BCUT2D eigenvalue weighted by atomic mass is 35.5. The molecule has 0 bridgehead atoms. The Morgan fingerprint density at radius 2 is 1.61 bits per heavy atom. The Kier molecular flexibility index (Phi) is 9.84. The fourth-order valence-electron chi connectivity index (χ4n) is 4.30. The summed E-state index contributed by atoms with van der Waals surface area (Å²) in [6, 6.07) is 2.63. The maximum atomic E-state index is 13.4. The van der Waals surface area contributed by atoms with Crippen molar-refractivity contribution < 1.29 is 34.2 Å². The van der Waals surface area contributed by atoms with Crippen molar-refractivity contribution in [2.75, 3.05) is 6.61 Å². The monoisotopic (exact) mass is 549 g/mol. The first-order chi connectivity index (χ1) is 18.1. The van der Waals surface area contributed by atoms with E-state index in [1.807, 2.05) is 0 Å². The van der Waals surface area contributed by atoms with Crippen LogP contribution in [-0.2, 0) is 24.0 Å². The average Bonchev–Trinajstić information content (AvgIpc) is 3.29. The van der Waals surface area contributed by atoms with Gasteiger partial charge in [-0.15, -0.1) is 0 Å². The van der Waals surface area contributed by atoms with Crippen molar-refractivity contribution >= 4 is 41.1 Å². The summed E-state index contributed by atoms with van der Waals surface area (Å²) < 4.78 is 0. The van der Waals surface area contributed by atoms with Gasteiger partial charge < -0.3 is 31.5 Å². The smallest absolute Gasteiger partial charge is 0.253 e. The Bertz CT molecular complexity index is 1100. The number of carbonyl (C=O) groups excluding carboxylic acids is 5. The van der Waals surface area contributed by atoms with Gasteiger partial charge in [0.15, 0.2) is 0 Å². The fourth-order valence-corrected chi connectivity index (χ4v) is 4.59. The molecule has 2 aliphatic heterocycles. The van der Waals surface area contributed by atoms with Crippen molar-refractivity contribution in [3.8, 4) is 0 Å². The van der Waals surface area contributed by atoms with Gasteiger partial charge >= 0.3 is 0 Å². The second kappa shape index (κ2) is 12.9. The van der Waals surface area contributed by atoms with Crippen LogP contribution in [-0.4, -0.2) is 81.5 Å². The molecule has 1 saturated heterocycles. The minimum atomic E-state index is -1.45. The molecule has 6 atom stereocenters. The number of hydrogen-bond donors (Lipinski definition) is 6. The maximum Gasteiger partial charge on any atom is 0.253 e. The van der Waals surface area contributed by atoms with Gasteiger partial charge in [-0.05, 0) is 31.4 Å². The molecule has 1 fully saturated rings. The van der Waals surface area contributed by atoms with Crippen molar-refractivity contribution in [3.63, 3.8) is 0 Å². The molecule has 6 N–H and O–H groups in total. The molecular weight excluding hydrogens is 518 g/mol. The number of carbonyl (C=O) groups is 5. The number of aliphatic hydroxyl groups is 2. The predicted octanol–water partition coefficient (Wildman–Crippen LogP) is -0.834. The van der Waals surface area contributed by atoms with Crippen molar-refractivity contribution in [3.05, 3.63) is 47.1 Å². The summed E-state index contributed by atoms with van der Waals surface area (Å²) >= 11 is 6.24. The van der Waals surface area contributed by atoms with Gasteiger partial charge in [0.05, 0.1) is 25.2 Å². The summed E-state index contributed by atoms with van der Waals surface area (Å²) in [5, 5.41) is 30.3. The third kappa shape index (κ3) is 6.69. The van der Waals surface area contributed by atoms with Gasteiger partial charge in [-0.25, -0.2) is 0 Å². The molecule has 0 aromatic heterocycles. The second-order valence-electron chi connectivity index (χ2n) is 9.16. The van der Waals surface area contributed by atoms with Gasteiger partial charge in [-0.2, -0.15) is 0 Å². The lowest BCUT2D eigenvalue weighted by molar-refractivity contribution is -0.143. The number of amides is 5. The summed E-state index contributed by atoms with van der Waals surface area (Å²) in [5.41, 5.74) is 0.560. The van der Waals surface area contributed by atoms with E-state index in [1.165, 1.54) is 13.0 Å². The van der Waals surface area contributed by atoms with Crippen LogP contribution in [0.15, 0.2) is 41.6 Å². The van der Waals surface area contributed by atoms with Crippen LogP contribution in [0.4, 0.5) is 0 Å². The normalized spacial score (nSPS) is 28.4. The summed E-state index contributed by atoms with van der Waals surface area (Å²) in [5.74, 6) is -3.65. The summed E-state index contributed by atoms with van der Waals surface area (Å²) in [6.45, 7) is 2.22. The van der Waals surface area contributed by atoms with E-state index >= 15 is 0 Å². The molecule has 0 radical (unpaired) electrons. The Balaban J connectivity index is 2.01. The standard InChI is InChI=1S/C25H32ClN5O7/c1-3-15-22(35)29-17(12-32)23(36)28-16(14-7-5-4-6-8-14)11-20(34)30-21(13(2)33)25(38)31-18(24(37)27-15)9-10-19(31)26/h4-8,10,13,15-18,21,32-33H,3,9,11-12H2,1-2H3,(H,27,37)(H,28,36)(H,29,35)(H,30,34). The highest BCUT2D eigenvalue weighted by Crippen LogP contribution is 2.27. The number of hydrogen-bond acceptors (Lipinski definition) is 7. The van der Waals surface area contributed by atoms with E-state index in [9.17, 15) is 34.2 Å². The van der Waals surface area contributed by atoms with E-state index in [2.05, 4.69) is 21.3 Å². The summed E-state index contributed by atoms with van der Waals surface area (Å²) in [7, 11) is 0. The van der Waals surface area contributed by atoms with E-state index < -0.39 is 72.5 Å². The van der Waals surface area contributed by atoms with Crippen LogP contribution in [0.1, 0.15) is 44.7 Å². The van der Waals surface area contributed by atoms with Crippen molar-refractivity contribution in [1.82, 2.24) is 26.2 Å². The number of fused-ring (bicyclic) bond motifs is 1. The quantitative estimate of drug-likeness (QED) is 0.265. The molecule has 0 aliphatic carbocycles. The topological polar surface area (TPSA) is 177 Å². The number of nitrogens with zero attached hydrogens (tertiary/aromatic N) is 1. The van der Waals surface area contributed by atoms with E-state index in [0.29, 0.717) is 5.56 Å². The minimum absolute atomic E-state index is 0.0483. The number of halogens is 1. The van der Waals surface area contributed by atoms with Gasteiger partial charge in [0.25, 0.3) is 5.91 Å². The van der Waals surface area contributed by atoms with E-state index in [1.54, 1.807) is 37.3 Å². The molecule has 5 amide bonds. The van der Waals surface area contributed by atoms with Crippen LogP contribution in [0.5, 0.6) is 0 Å². The Morgan fingerprint density at radius 3 is 2.21 bits per heavy atom. The SMILES string of the molecule is CCC1NC(=O)C2CC=C(Cl)N2C(=O)C(C(C)O)NC(=O)CC(c2ccccc2)NC(=O)C(CO)NC1=O. The van der Waals surface area contributed by atoms with Crippen LogP contribution in [0.25, 0.3) is 0 Å². The molecule has 2 heterocycles. The highest BCUT2D eigenvalue weighted by molar-refractivity contribution is 6.31. The van der Waals surface area contributed by atoms with Crippen LogP contribution in [0.3, 0.4) is 0 Å². The van der Waals surface area contributed by atoms with E-state index in [0.717, 1.165) is 4.90 Å². The lowest BCUT2D eigenvalue weighted by Crippen LogP contribution is -2.60. The predicted molar refractivity (Wildman–Crippen MR) is 136 cm³/mol. The summed E-state index contributed by atoms with van der Waals surface area (Å²) in [4.78, 5) is 66.5. The molecule has 1 aromatic rings. The lowest BCUT2D eigenvalue weighted by atomic mass is 10.0. The molecule has 1 aromatic carbocycles. The number of aliphatic hydroxyl groups excluding tert-OH is 2. The Morgan fingerprint density at radius 1 is 0.974 bits per heavy atom. The van der Waals surface area contributed by atoms with Gasteiger partial charge in [0, 0.05) is 0 Å². The zero-order valence-electron chi connectivity index (χ0n) is 21.0. The summed E-state index contributed by atoms with van der Waals surface area (Å²) in [6.07, 6.45) is -0.0269. The highest BCUT2D eigenvalue weighted by Gasteiger charge is 2.42. The van der Waals surface area contributed by atoms with Gasteiger partial charge in [0.1, 0.15) is 29.3 Å². The van der Waals surface area contributed by atoms with Gasteiger partial charge in [-0.1, -0.05) is 48.9 Å². The van der Waals surface area contributed by atoms with Crippen LogP contribution >= 0.6 is 11.6 Å². The molecule has 2 aliphatic rings. The van der Waals surface area contributed by atoms with Crippen LogP contribution < -0.4 is 21.3 Å². The van der Waals surface area contributed by atoms with Crippen LogP contribution in [0.2, 0.25) is 0 Å². The van der Waals surface area contributed by atoms with E-state index in [4.69, 9.17) is 11.6 Å². The van der Waals surface area contributed by atoms with Gasteiger partial charge in [0.2, 0.25) is 23.6 Å². The molecule has 3 rings (SSSR count). The molecular formula is C25H32ClN5O7. The van der Waals surface area contributed by atoms with Crippen molar-refractivity contribution in [2.45, 2.75) is 69.4 Å². The third-order valence-corrected chi connectivity index (χ3v) is 6.76. The first kappa shape index (κ1) is 29.1. The minimum Gasteiger partial charge on any atom is -0.394 e. The molecule has 12 nitrogen and oxygen atoms in total. The molecule has 6 unspecified atom stereocenters. The number of nitrogens with one attached hydrogen (secondary N) is 4. The van der Waals surface area contributed by atoms with Gasteiger partial charge in [-0.3, -0.25) is 28.9 Å². The second-order valence-corrected chi connectivity index (χ2v) is 9.55. The Hall–Kier alpha value is -3.48. The van der Waals surface area contributed by atoms with E-state index in [-0.39, 0.29) is 24.4 Å². The Labute approximate surface area is 224 Å². The zero-order valence-corrected chi connectivity index (χ0v) is 21.8. The van der Waals surface area contributed by atoms with Crippen molar-refractivity contribution in [2.24, 2.45) is 0 Å². The molecule has 0 spiro atoms. The molecule has 206 valence electrons. The maximum absolute atomic E-state index is 13.4.